The van der Waals surface area contributed by atoms with Gasteiger partial charge in [-0.05, 0) is 60.4 Å². The second kappa shape index (κ2) is 14.9. The first-order chi connectivity index (χ1) is 20.3. The van der Waals surface area contributed by atoms with E-state index in [2.05, 4.69) is 16.0 Å². The Kier molecular flexibility index (Phi) is 10.8. The Balaban J connectivity index is 1.45. The summed E-state index contributed by atoms with van der Waals surface area (Å²) in [4.78, 5) is 26.3. The van der Waals surface area contributed by atoms with E-state index in [1.807, 2.05) is 91.9 Å². The first kappa shape index (κ1) is 30.4. The fourth-order valence-corrected chi connectivity index (χ4v) is 4.63. The van der Waals surface area contributed by atoms with Gasteiger partial charge in [-0.3, -0.25) is 9.59 Å². The number of nitrogens with one attached hydrogen (secondary N) is 3. The molecule has 7 nitrogen and oxygen atoms in total. The van der Waals surface area contributed by atoms with Crippen molar-refractivity contribution in [1.29, 1.82) is 0 Å². The van der Waals surface area contributed by atoms with Crippen LogP contribution in [0.25, 0.3) is 0 Å². The average Bonchev–Trinajstić information content (AvgIpc) is 3.01. The van der Waals surface area contributed by atoms with Crippen molar-refractivity contribution >= 4 is 11.8 Å². The van der Waals surface area contributed by atoms with E-state index in [0.29, 0.717) is 13.0 Å². The summed E-state index contributed by atoms with van der Waals surface area (Å²) in [5, 5.41) is 20.0. The molecule has 0 aromatic heterocycles. The van der Waals surface area contributed by atoms with Crippen molar-refractivity contribution in [3.63, 3.8) is 0 Å². The summed E-state index contributed by atoms with van der Waals surface area (Å²) in [5.74, 6) is -1.17. The molecule has 218 valence electrons. The van der Waals surface area contributed by atoms with Gasteiger partial charge in [-0.25, -0.2) is 4.39 Å². The van der Waals surface area contributed by atoms with Gasteiger partial charge in [-0.1, -0.05) is 72.8 Å². The van der Waals surface area contributed by atoms with Gasteiger partial charge < -0.3 is 25.8 Å². The number of aliphatic hydroxyl groups is 1. The molecule has 0 saturated carbocycles. The molecule has 0 aliphatic rings. The lowest BCUT2D eigenvalue weighted by Crippen LogP contribution is -2.48. The van der Waals surface area contributed by atoms with Crippen molar-refractivity contribution in [2.75, 3.05) is 13.7 Å². The zero-order valence-corrected chi connectivity index (χ0v) is 23.7. The van der Waals surface area contributed by atoms with Crippen LogP contribution in [0.3, 0.4) is 0 Å². The maximum Gasteiger partial charge on any atom is 0.254 e. The molecule has 2 amide bonds. The Hall–Kier alpha value is -4.53. The molecule has 8 heteroatoms. The molecular formula is C34H36FN3O4. The van der Waals surface area contributed by atoms with Crippen molar-refractivity contribution in [1.82, 2.24) is 16.0 Å². The highest BCUT2D eigenvalue weighted by Crippen LogP contribution is 2.17. The summed E-state index contributed by atoms with van der Waals surface area (Å²) in [6.07, 6.45) is -0.661. The van der Waals surface area contributed by atoms with Gasteiger partial charge in [0.25, 0.3) is 11.8 Å². The Bertz CT molecular complexity index is 1470. The number of carbonyl (C=O) groups excluding carboxylic acids is 2. The number of methoxy groups -OCH3 is 1. The van der Waals surface area contributed by atoms with Gasteiger partial charge in [0.1, 0.15) is 11.6 Å². The highest BCUT2D eigenvalue weighted by atomic mass is 19.1. The number of benzene rings is 4. The van der Waals surface area contributed by atoms with Crippen LogP contribution in [0.5, 0.6) is 5.75 Å². The number of hydrogen-bond donors (Lipinski definition) is 4. The van der Waals surface area contributed by atoms with Crippen LogP contribution in [0.2, 0.25) is 0 Å². The van der Waals surface area contributed by atoms with E-state index in [-0.39, 0.29) is 23.7 Å². The van der Waals surface area contributed by atoms with Crippen molar-refractivity contribution in [3.05, 3.63) is 137 Å². The summed E-state index contributed by atoms with van der Waals surface area (Å²) in [5.41, 5.74) is 2.68. The van der Waals surface area contributed by atoms with Gasteiger partial charge in [0.2, 0.25) is 0 Å². The molecule has 0 saturated heterocycles. The fraction of sp³-hybridized carbons (Fsp3) is 0.235. The lowest BCUT2D eigenvalue weighted by Gasteiger charge is -2.25. The van der Waals surface area contributed by atoms with E-state index in [9.17, 15) is 19.1 Å². The first-order valence-electron chi connectivity index (χ1n) is 13.9. The lowest BCUT2D eigenvalue weighted by molar-refractivity contribution is 0.0826. The maximum absolute atomic E-state index is 14.9. The van der Waals surface area contributed by atoms with Gasteiger partial charge in [-0.2, -0.15) is 0 Å². The van der Waals surface area contributed by atoms with E-state index < -0.39 is 29.8 Å². The van der Waals surface area contributed by atoms with Crippen LogP contribution < -0.4 is 20.7 Å². The molecule has 0 radical (unpaired) electrons. The normalized spacial score (nSPS) is 13.0. The third kappa shape index (κ3) is 8.49. The van der Waals surface area contributed by atoms with Crippen molar-refractivity contribution in [3.8, 4) is 5.75 Å². The standard InChI is InChI=1S/C34H36FN3O4/c1-23(26-13-7-4-8-14-26)37-33(40)27-16-17-30(35)29(20-27)34(41)38-31(19-24-10-5-3-6-11-24)32(39)22-36-21-25-12-9-15-28(18-25)42-2/h3-18,20,23,31-32,36,39H,19,21-22H2,1-2H3,(H,37,40)(H,38,41)/t23-,31+,32-/m1/s1. The molecular weight excluding hydrogens is 533 g/mol. The highest BCUT2D eigenvalue weighted by Gasteiger charge is 2.25. The fourth-order valence-electron chi connectivity index (χ4n) is 4.63. The monoisotopic (exact) mass is 569 g/mol. The van der Waals surface area contributed by atoms with Crippen LogP contribution in [0.1, 0.15) is 50.4 Å². The van der Waals surface area contributed by atoms with E-state index in [4.69, 9.17) is 4.74 Å². The predicted molar refractivity (Wildman–Crippen MR) is 161 cm³/mol. The van der Waals surface area contributed by atoms with E-state index >= 15 is 0 Å². The van der Waals surface area contributed by atoms with Gasteiger partial charge in [0.05, 0.1) is 30.9 Å². The van der Waals surface area contributed by atoms with Gasteiger partial charge in [0, 0.05) is 18.7 Å². The molecule has 0 spiro atoms. The third-order valence-electron chi connectivity index (χ3n) is 7.02. The maximum atomic E-state index is 14.9. The van der Waals surface area contributed by atoms with Crippen molar-refractivity contribution in [2.45, 2.75) is 38.1 Å². The molecule has 4 aromatic rings. The van der Waals surface area contributed by atoms with Crippen LogP contribution in [0.4, 0.5) is 4.39 Å². The Morgan fingerprint density at radius 2 is 1.52 bits per heavy atom. The first-order valence-corrected chi connectivity index (χ1v) is 13.9. The number of hydrogen-bond acceptors (Lipinski definition) is 5. The van der Waals surface area contributed by atoms with Crippen LogP contribution in [0, 0.1) is 5.82 Å². The second-order valence-electron chi connectivity index (χ2n) is 10.1. The third-order valence-corrected chi connectivity index (χ3v) is 7.02. The summed E-state index contributed by atoms with van der Waals surface area (Å²) in [6, 6.07) is 29.1. The number of halogens is 1. The molecule has 42 heavy (non-hydrogen) atoms. The largest absolute Gasteiger partial charge is 0.497 e. The Morgan fingerprint density at radius 1 is 0.833 bits per heavy atom. The van der Waals surface area contributed by atoms with E-state index in [1.54, 1.807) is 7.11 Å². The lowest BCUT2D eigenvalue weighted by atomic mass is 10.00. The van der Waals surface area contributed by atoms with Crippen LogP contribution in [0.15, 0.2) is 103 Å². The summed E-state index contributed by atoms with van der Waals surface area (Å²) >= 11 is 0. The molecule has 0 unspecified atom stereocenters. The number of ether oxygens (including phenoxy) is 1. The molecule has 3 atom stereocenters. The zero-order chi connectivity index (χ0) is 29.9. The number of carbonyl (C=O) groups is 2. The predicted octanol–water partition coefficient (Wildman–Crippen LogP) is 4.82. The van der Waals surface area contributed by atoms with Gasteiger partial charge in [0.15, 0.2) is 0 Å². The van der Waals surface area contributed by atoms with Crippen molar-refractivity contribution in [2.24, 2.45) is 0 Å². The molecule has 4 rings (SSSR count). The number of amides is 2. The van der Waals surface area contributed by atoms with Crippen molar-refractivity contribution < 1.29 is 23.8 Å². The summed E-state index contributed by atoms with van der Waals surface area (Å²) in [6.45, 7) is 2.51. The topological polar surface area (TPSA) is 99.7 Å². The smallest absolute Gasteiger partial charge is 0.254 e. The number of aliphatic hydroxyl groups excluding tert-OH is 1. The molecule has 0 bridgehead atoms. The Labute approximate surface area is 245 Å². The van der Waals surface area contributed by atoms with Gasteiger partial charge >= 0.3 is 0 Å². The van der Waals surface area contributed by atoms with Crippen LogP contribution >= 0.6 is 0 Å². The summed E-state index contributed by atoms with van der Waals surface area (Å²) in [7, 11) is 1.60. The summed E-state index contributed by atoms with van der Waals surface area (Å²) < 4.78 is 20.1. The van der Waals surface area contributed by atoms with Crippen LogP contribution in [-0.4, -0.2) is 42.7 Å². The van der Waals surface area contributed by atoms with Crippen LogP contribution in [-0.2, 0) is 13.0 Å². The second-order valence-corrected chi connectivity index (χ2v) is 10.1. The molecule has 4 aromatic carbocycles. The van der Waals surface area contributed by atoms with E-state index in [0.717, 1.165) is 28.5 Å². The molecule has 0 fully saturated rings. The van der Waals surface area contributed by atoms with Gasteiger partial charge in [-0.15, -0.1) is 0 Å². The zero-order valence-electron chi connectivity index (χ0n) is 23.7. The minimum atomic E-state index is -0.985. The molecule has 0 aliphatic heterocycles. The molecule has 0 heterocycles. The van der Waals surface area contributed by atoms with E-state index in [1.165, 1.54) is 12.1 Å². The quantitative estimate of drug-likeness (QED) is 0.185. The molecule has 0 aliphatic carbocycles. The SMILES string of the molecule is COc1cccc(CNC[C@@H](O)[C@H](Cc2ccccc2)NC(=O)c2cc(C(=O)N[C@H](C)c3ccccc3)ccc2F)c1. The minimum Gasteiger partial charge on any atom is -0.497 e. The average molecular weight is 570 g/mol. The number of rotatable bonds is 13. The highest BCUT2D eigenvalue weighted by molar-refractivity contribution is 6.00. The molecule has 4 N–H and O–H groups in total. The Morgan fingerprint density at radius 3 is 2.24 bits per heavy atom. The minimum absolute atomic E-state index is 0.157.